The van der Waals surface area contributed by atoms with Crippen LogP contribution in [-0.2, 0) is 4.74 Å². The van der Waals surface area contributed by atoms with E-state index in [9.17, 15) is 19.7 Å². The van der Waals surface area contributed by atoms with Crippen molar-refractivity contribution in [3.63, 3.8) is 0 Å². The Labute approximate surface area is 143 Å². The van der Waals surface area contributed by atoms with Gasteiger partial charge in [-0.3, -0.25) is 14.9 Å². The van der Waals surface area contributed by atoms with Crippen molar-refractivity contribution in [1.29, 1.82) is 0 Å². The van der Waals surface area contributed by atoms with Crippen molar-refractivity contribution in [3.05, 3.63) is 54.7 Å². The number of hydrogen-bond acceptors (Lipinski definition) is 7. The van der Waals surface area contributed by atoms with E-state index in [4.69, 9.17) is 4.74 Å². The maximum absolute atomic E-state index is 12.0. The van der Waals surface area contributed by atoms with Gasteiger partial charge in [0.05, 0.1) is 26.3 Å². The van der Waals surface area contributed by atoms with Gasteiger partial charge < -0.3 is 9.47 Å². The average molecular weight is 400 g/mol. The minimum atomic E-state index is -0.695. The number of carbonyl (C=O) groups is 2. The molecule has 0 aliphatic rings. The van der Waals surface area contributed by atoms with Crippen LogP contribution in [0.25, 0.3) is 0 Å². The number of nitro groups is 1. The fourth-order valence-corrected chi connectivity index (χ4v) is 3.02. The highest BCUT2D eigenvalue weighted by Crippen LogP contribution is 2.29. The van der Waals surface area contributed by atoms with Gasteiger partial charge in [0.25, 0.3) is 0 Å². The van der Waals surface area contributed by atoms with Crippen LogP contribution in [-0.4, -0.2) is 30.4 Å². The fraction of sp³-hybridized carbons (Fsp3) is 0.143. The van der Waals surface area contributed by atoms with Crippen LogP contribution in [0.2, 0.25) is 0 Å². The zero-order valence-corrected chi connectivity index (χ0v) is 14.2. The number of thiophene rings is 1. The van der Waals surface area contributed by atoms with E-state index >= 15 is 0 Å². The van der Waals surface area contributed by atoms with Crippen molar-refractivity contribution < 1.29 is 24.0 Å². The predicted molar refractivity (Wildman–Crippen MR) is 86.3 cm³/mol. The molecule has 0 unspecified atom stereocenters. The predicted octanol–water partition coefficient (Wildman–Crippen LogP) is 3.47. The number of carbonyl (C=O) groups excluding carboxylic acids is 2. The van der Waals surface area contributed by atoms with Crippen molar-refractivity contribution in [2.75, 3.05) is 13.7 Å². The molecule has 9 heteroatoms. The lowest BCUT2D eigenvalue weighted by molar-refractivity contribution is -0.385. The lowest BCUT2D eigenvalue weighted by Gasteiger charge is -2.06. The van der Waals surface area contributed by atoms with Gasteiger partial charge in [0.1, 0.15) is 0 Å². The van der Waals surface area contributed by atoms with Crippen LogP contribution in [0, 0.1) is 10.1 Å². The highest BCUT2D eigenvalue weighted by atomic mass is 79.9. The smallest absolute Gasteiger partial charge is 0.338 e. The Balaban J connectivity index is 2.17. The van der Waals surface area contributed by atoms with Crippen LogP contribution in [0.15, 0.2) is 34.1 Å². The first-order valence-corrected chi connectivity index (χ1v) is 7.81. The monoisotopic (exact) mass is 399 g/mol. The Hall–Kier alpha value is -2.26. The molecular weight excluding hydrogens is 390 g/mol. The molecule has 120 valence electrons. The van der Waals surface area contributed by atoms with Gasteiger partial charge in [0.2, 0.25) is 5.78 Å². The summed E-state index contributed by atoms with van der Waals surface area (Å²) in [5.74, 6) is -1.09. The van der Waals surface area contributed by atoms with Crippen molar-refractivity contribution in [1.82, 2.24) is 0 Å². The van der Waals surface area contributed by atoms with Crippen LogP contribution in [0.5, 0.6) is 5.75 Å². The molecule has 0 radical (unpaired) electrons. The van der Waals surface area contributed by atoms with Crippen LogP contribution in [0.1, 0.15) is 20.0 Å². The van der Waals surface area contributed by atoms with E-state index in [1.54, 1.807) is 12.1 Å². The van der Waals surface area contributed by atoms with Gasteiger partial charge in [-0.1, -0.05) is 0 Å². The molecule has 0 bridgehead atoms. The number of ketones is 1. The van der Waals surface area contributed by atoms with Gasteiger partial charge in [-0.15, -0.1) is 11.3 Å². The van der Waals surface area contributed by atoms with E-state index in [1.165, 1.54) is 30.6 Å². The summed E-state index contributed by atoms with van der Waals surface area (Å²) < 4.78 is 10.6. The van der Waals surface area contributed by atoms with E-state index in [2.05, 4.69) is 20.7 Å². The largest absolute Gasteiger partial charge is 0.478 e. The molecule has 2 rings (SSSR count). The summed E-state index contributed by atoms with van der Waals surface area (Å²) >= 11 is 4.49. The van der Waals surface area contributed by atoms with Crippen molar-refractivity contribution in [3.8, 4) is 5.75 Å². The second-order valence-electron chi connectivity index (χ2n) is 4.25. The molecule has 2 aromatic rings. The van der Waals surface area contributed by atoms with Crippen LogP contribution in [0.4, 0.5) is 5.69 Å². The Morgan fingerprint density at radius 2 is 2.04 bits per heavy atom. The number of benzene rings is 1. The lowest BCUT2D eigenvalue weighted by Crippen LogP contribution is -2.11. The molecule has 1 aromatic heterocycles. The number of nitrogens with zero attached hydrogens (tertiary/aromatic N) is 1. The molecule has 0 aliphatic heterocycles. The van der Waals surface area contributed by atoms with Gasteiger partial charge in [-0.2, -0.15) is 0 Å². The summed E-state index contributed by atoms with van der Waals surface area (Å²) in [6, 6.07) is 7.01. The first-order chi connectivity index (χ1) is 10.9. The molecule has 0 amide bonds. The molecule has 23 heavy (non-hydrogen) atoms. The maximum Gasteiger partial charge on any atom is 0.338 e. The van der Waals surface area contributed by atoms with Gasteiger partial charge in [0.15, 0.2) is 12.4 Å². The standard InChI is InChI=1S/C14H10BrNO6S/c1-21-14(18)8-2-3-11(9(6-8)16(19)20)22-7-10(17)12-4-5-13(15)23-12/h2-6H,7H2,1H3. The SMILES string of the molecule is COC(=O)c1ccc(OCC(=O)c2ccc(Br)s2)c([N+](=O)[O-])c1. The Morgan fingerprint density at radius 3 is 2.61 bits per heavy atom. The second kappa shape index (κ2) is 7.34. The summed E-state index contributed by atoms with van der Waals surface area (Å²) in [6.07, 6.45) is 0. The normalized spacial score (nSPS) is 10.2. The second-order valence-corrected chi connectivity index (χ2v) is 6.71. The molecule has 1 heterocycles. The number of Topliss-reactive ketones (excluding diaryl/α,β-unsaturated/α-hetero) is 1. The number of rotatable bonds is 6. The average Bonchev–Trinajstić information content (AvgIpc) is 2.98. The third-order valence-corrected chi connectivity index (χ3v) is 4.45. The maximum atomic E-state index is 12.0. The third-order valence-electron chi connectivity index (χ3n) is 2.78. The minimum Gasteiger partial charge on any atom is -0.478 e. The minimum absolute atomic E-state index is 0.0278. The van der Waals surface area contributed by atoms with E-state index in [0.717, 1.165) is 9.85 Å². The summed E-state index contributed by atoms with van der Waals surface area (Å²) in [5.41, 5.74) is -0.381. The van der Waals surface area contributed by atoms with Gasteiger partial charge in [0, 0.05) is 6.07 Å². The Kier molecular flexibility index (Phi) is 5.45. The van der Waals surface area contributed by atoms with Crippen LogP contribution >= 0.6 is 27.3 Å². The van der Waals surface area contributed by atoms with Gasteiger partial charge in [-0.05, 0) is 40.2 Å². The molecule has 1 aromatic carbocycles. The number of nitro benzene ring substituents is 1. The van der Waals surface area contributed by atoms with E-state index < -0.39 is 16.6 Å². The van der Waals surface area contributed by atoms with Crippen LogP contribution < -0.4 is 4.74 Å². The molecular formula is C14H10BrNO6S. The summed E-state index contributed by atoms with van der Waals surface area (Å²) in [5, 5.41) is 11.1. The number of ether oxygens (including phenoxy) is 2. The molecule has 0 atom stereocenters. The Bertz CT molecular complexity index is 772. The highest BCUT2D eigenvalue weighted by Gasteiger charge is 2.20. The van der Waals surface area contributed by atoms with Crippen molar-refractivity contribution in [2.45, 2.75) is 0 Å². The molecule has 0 spiro atoms. The zero-order valence-electron chi connectivity index (χ0n) is 11.8. The molecule has 0 aliphatic carbocycles. The Morgan fingerprint density at radius 1 is 1.30 bits per heavy atom. The number of halogens is 1. The van der Waals surface area contributed by atoms with Crippen molar-refractivity contribution >= 4 is 44.7 Å². The van der Waals surface area contributed by atoms with E-state index in [1.807, 2.05) is 0 Å². The topological polar surface area (TPSA) is 95.7 Å². The van der Waals surface area contributed by atoms with Gasteiger partial charge in [-0.25, -0.2) is 4.79 Å². The van der Waals surface area contributed by atoms with E-state index in [0.29, 0.717) is 4.88 Å². The molecule has 0 saturated carbocycles. The quantitative estimate of drug-likeness (QED) is 0.319. The summed E-state index contributed by atoms with van der Waals surface area (Å²) in [6.45, 7) is -0.342. The third kappa shape index (κ3) is 4.14. The fourth-order valence-electron chi connectivity index (χ4n) is 1.71. The van der Waals surface area contributed by atoms with Gasteiger partial charge >= 0.3 is 11.7 Å². The summed E-state index contributed by atoms with van der Waals surface area (Å²) in [7, 11) is 1.18. The molecule has 7 nitrogen and oxygen atoms in total. The highest BCUT2D eigenvalue weighted by molar-refractivity contribution is 9.11. The van der Waals surface area contributed by atoms with Crippen LogP contribution in [0.3, 0.4) is 0 Å². The molecule has 0 N–H and O–H groups in total. The number of hydrogen-bond donors (Lipinski definition) is 0. The zero-order chi connectivity index (χ0) is 17.0. The summed E-state index contributed by atoms with van der Waals surface area (Å²) in [4.78, 5) is 34.2. The number of methoxy groups -OCH3 is 1. The lowest BCUT2D eigenvalue weighted by atomic mass is 10.2. The van der Waals surface area contributed by atoms with E-state index in [-0.39, 0.29) is 23.7 Å². The first-order valence-electron chi connectivity index (χ1n) is 6.20. The molecule has 0 fully saturated rings. The van der Waals surface area contributed by atoms with Crippen molar-refractivity contribution in [2.24, 2.45) is 0 Å². The number of esters is 1. The molecule has 0 saturated heterocycles. The first kappa shape index (κ1) is 17.1.